The van der Waals surface area contributed by atoms with E-state index in [0.29, 0.717) is 23.4 Å². The number of likely N-dealkylation sites (N-methyl/N-ethyl adjacent to an activating group) is 1. The van der Waals surface area contributed by atoms with Gasteiger partial charge in [0, 0.05) is 37.7 Å². The molecule has 0 saturated carbocycles. The lowest BCUT2D eigenvalue weighted by atomic mass is 10.2. The summed E-state index contributed by atoms with van der Waals surface area (Å²) in [5.41, 5.74) is 1.05. The Balaban J connectivity index is 0.000000481. The number of aromatic nitrogens is 1. The van der Waals surface area contributed by atoms with Gasteiger partial charge in [-0.25, -0.2) is 4.98 Å². The third-order valence-corrected chi connectivity index (χ3v) is 6.62. The second kappa shape index (κ2) is 12.0. The molecule has 3 aromatic rings. The lowest BCUT2D eigenvalue weighted by Gasteiger charge is -2.25. The van der Waals surface area contributed by atoms with E-state index in [4.69, 9.17) is 41.1 Å². The number of carbonyl (C=O) groups is 2. The van der Waals surface area contributed by atoms with Gasteiger partial charge in [-0.3, -0.25) is 4.90 Å². The van der Waals surface area contributed by atoms with Gasteiger partial charge in [0.2, 0.25) is 0 Å². The van der Waals surface area contributed by atoms with Crippen molar-refractivity contribution >= 4 is 50.2 Å². The number of ether oxygens (including phenoxy) is 1. The summed E-state index contributed by atoms with van der Waals surface area (Å²) >= 11 is 7.69. The fourth-order valence-electron chi connectivity index (χ4n) is 3.56. The number of β-amino-alcohol motifs (C(OH)–C–C–N with tert-alkyl or cyclic N) is 1. The topological polar surface area (TPSA) is 129 Å². The number of nitrogens with zero attached hydrogens (tertiary/aromatic N) is 3. The van der Waals surface area contributed by atoms with Crippen molar-refractivity contribution in [3.8, 4) is 5.75 Å². The number of carboxylic acid groups (broad SMARTS) is 2. The fraction of sp³-hybridized carbons (Fsp3) is 0.348. The van der Waals surface area contributed by atoms with Crippen LogP contribution in [0.15, 0.2) is 48.5 Å². The molecule has 2 aromatic carbocycles. The third kappa shape index (κ3) is 7.29. The Kier molecular flexibility index (Phi) is 9.05. The maximum atomic E-state index is 10.4. The molecule has 0 spiro atoms. The maximum Gasteiger partial charge on any atom is 0.186 e. The highest BCUT2D eigenvalue weighted by molar-refractivity contribution is 7.22. The summed E-state index contributed by atoms with van der Waals surface area (Å²) in [5, 5.41) is 29.9. The van der Waals surface area contributed by atoms with Crippen molar-refractivity contribution in [2.45, 2.75) is 18.6 Å². The molecule has 2 unspecified atom stereocenters. The zero-order valence-corrected chi connectivity index (χ0v) is 20.0. The first kappa shape index (κ1) is 25.7. The zero-order valence-electron chi connectivity index (χ0n) is 18.4. The van der Waals surface area contributed by atoms with Gasteiger partial charge in [0.1, 0.15) is 18.5 Å². The van der Waals surface area contributed by atoms with E-state index < -0.39 is 18.0 Å². The molecule has 2 atom stereocenters. The summed E-state index contributed by atoms with van der Waals surface area (Å²) in [5.74, 6) is -3.69. The molecule has 1 aromatic heterocycles. The molecule has 1 saturated heterocycles. The van der Waals surface area contributed by atoms with E-state index in [-0.39, 0.29) is 6.61 Å². The summed E-state index contributed by atoms with van der Waals surface area (Å²) in [6, 6.07) is 15.9. The molecule has 0 amide bonds. The molecule has 2 heterocycles. The summed E-state index contributed by atoms with van der Waals surface area (Å²) in [6.07, 6.45) is 0.527. The Labute approximate surface area is 205 Å². The van der Waals surface area contributed by atoms with Gasteiger partial charge in [-0.2, -0.15) is 0 Å². The molecule has 182 valence electrons. The SMILES string of the molecule is CN(c1nc2ccccc2s1)C1CCN(CC(O)COc2cccc(Cl)c2)C1.O=C([O-])C(=O)[O-]. The Morgan fingerprint density at radius 2 is 2.00 bits per heavy atom. The molecule has 1 aliphatic rings. The number of thiazole rings is 1. The number of likely N-dealkylation sites (tertiary alicyclic amines) is 1. The van der Waals surface area contributed by atoms with Gasteiger partial charge in [-0.15, -0.1) is 0 Å². The van der Waals surface area contributed by atoms with Gasteiger partial charge < -0.3 is 34.5 Å². The summed E-state index contributed by atoms with van der Waals surface area (Å²) in [7, 11) is 2.12. The number of aliphatic carboxylic acids is 2. The lowest BCUT2D eigenvalue weighted by molar-refractivity contribution is -0.345. The zero-order chi connectivity index (χ0) is 24.7. The Bertz CT molecular complexity index is 1080. The summed E-state index contributed by atoms with van der Waals surface area (Å²) in [6.45, 7) is 2.74. The number of fused-ring (bicyclic) bond motifs is 1. The van der Waals surface area contributed by atoms with Crippen LogP contribution in [0.25, 0.3) is 10.2 Å². The predicted octanol–water partition coefficient (Wildman–Crippen LogP) is 0.386. The lowest BCUT2D eigenvalue weighted by Crippen LogP contribution is -2.42. The van der Waals surface area contributed by atoms with E-state index in [2.05, 4.69) is 35.0 Å². The fourth-order valence-corrected chi connectivity index (χ4v) is 4.74. The number of para-hydroxylation sites is 1. The Morgan fingerprint density at radius 3 is 2.68 bits per heavy atom. The van der Waals surface area contributed by atoms with Crippen LogP contribution in [0.3, 0.4) is 0 Å². The van der Waals surface area contributed by atoms with Crippen molar-refractivity contribution in [2.75, 3.05) is 38.2 Å². The van der Waals surface area contributed by atoms with Crippen LogP contribution in [0, 0.1) is 0 Å². The van der Waals surface area contributed by atoms with Gasteiger partial charge in [0.15, 0.2) is 5.13 Å². The first-order valence-corrected chi connectivity index (χ1v) is 11.7. The van der Waals surface area contributed by atoms with Crippen LogP contribution in [-0.2, 0) is 9.59 Å². The molecule has 1 fully saturated rings. The number of aliphatic hydroxyl groups is 1. The molecule has 0 aliphatic carbocycles. The monoisotopic (exact) mass is 505 g/mol. The van der Waals surface area contributed by atoms with Crippen LogP contribution in [0.1, 0.15) is 6.42 Å². The molecule has 11 heteroatoms. The van der Waals surface area contributed by atoms with Gasteiger partial charge >= 0.3 is 0 Å². The Morgan fingerprint density at radius 1 is 1.26 bits per heavy atom. The molecular formula is C23H24ClN3O6S-2. The van der Waals surface area contributed by atoms with E-state index in [1.165, 1.54) is 4.70 Å². The highest BCUT2D eigenvalue weighted by Gasteiger charge is 2.28. The molecule has 0 radical (unpaired) electrons. The van der Waals surface area contributed by atoms with Crippen LogP contribution in [0.2, 0.25) is 5.02 Å². The maximum absolute atomic E-state index is 10.4. The first-order chi connectivity index (χ1) is 16.2. The average Bonchev–Trinajstić information content (AvgIpc) is 3.45. The minimum Gasteiger partial charge on any atom is -0.543 e. The van der Waals surface area contributed by atoms with Gasteiger partial charge in [0.05, 0.1) is 22.2 Å². The van der Waals surface area contributed by atoms with Crippen LogP contribution in [-0.4, -0.2) is 72.4 Å². The number of halogens is 1. The van der Waals surface area contributed by atoms with Crippen molar-refractivity contribution in [1.29, 1.82) is 0 Å². The van der Waals surface area contributed by atoms with Crippen LogP contribution in [0.4, 0.5) is 5.13 Å². The number of benzene rings is 2. The third-order valence-electron chi connectivity index (χ3n) is 5.25. The summed E-state index contributed by atoms with van der Waals surface area (Å²) in [4.78, 5) is 27.2. The molecular weight excluding hydrogens is 482 g/mol. The number of hydrogen-bond acceptors (Lipinski definition) is 10. The van der Waals surface area contributed by atoms with Crippen molar-refractivity contribution in [3.63, 3.8) is 0 Å². The quantitative estimate of drug-likeness (QED) is 0.453. The standard InChI is InChI=1S/C21H24ClN3O2S.C2H2O4/c1-24(21-23-19-7-2-3-8-20(19)28-21)16-9-10-25(12-16)13-17(26)14-27-18-6-4-5-15(22)11-18;3-1(4)2(5)6/h2-8,11,16-17,26H,9-10,12-14H2,1H3;(H,3,4)(H,5,6)/p-2. The molecule has 1 N–H and O–H groups in total. The highest BCUT2D eigenvalue weighted by Crippen LogP contribution is 2.30. The van der Waals surface area contributed by atoms with Gasteiger partial charge in [0.25, 0.3) is 0 Å². The number of aliphatic hydroxyl groups excluding tert-OH is 1. The number of carbonyl (C=O) groups excluding carboxylic acids is 2. The molecule has 4 rings (SSSR count). The molecule has 34 heavy (non-hydrogen) atoms. The molecule has 0 bridgehead atoms. The molecule has 9 nitrogen and oxygen atoms in total. The van der Waals surface area contributed by atoms with Crippen molar-refractivity contribution in [3.05, 3.63) is 53.6 Å². The van der Waals surface area contributed by atoms with Gasteiger partial charge in [-0.05, 0) is 36.8 Å². The second-order valence-electron chi connectivity index (χ2n) is 7.77. The number of carboxylic acids is 2. The van der Waals surface area contributed by atoms with Crippen molar-refractivity contribution in [2.24, 2.45) is 0 Å². The smallest absolute Gasteiger partial charge is 0.186 e. The normalized spacial score (nSPS) is 16.5. The van der Waals surface area contributed by atoms with E-state index >= 15 is 0 Å². The minimum absolute atomic E-state index is 0.259. The van der Waals surface area contributed by atoms with Crippen LogP contribution < -0.4 is 19.8 Å². The minimum atomic E-state index is -2.19. The number of hydrogen-bond donors (Lipinski definition) is 1. The van der Waals surface area contributed by atoms with E-state index in [9.17, 15) is 5.11 Å². The van der Waals surface area contributed by atoms with Crippen LogP contribution in [0.5, 0.6) is 5.75 Å². The van der Waals surface area contributed by atoms with E-state index in [1.807, 2.05) is 18.2 Å². The van der Waals surface area contributed by atoms with E-state index in [1.54, 1.807) is 23.5 Å². The largest absolute Gasteiger partial charge is 0.543 e. The predicted molar refractivity (Wildman–Crippen MR) is 126 cm³/mol. The van der Waals surface area contributed by atoms with E-state index in [0.717, 1.165) is 30.2 Å². The summed E-state index contributed by atoms with van der Waals surface area (Å²) < 4.78 is 6.87. The first-order valence-electron chi connectivity index (χ1n) is 10.5. The second-order valence-corrected chi connectivity index (χ2v) is 9.22. The number of anilines is 1. The highest BCUT2D eigenvalue weighted by atomic mass is 35.5. The van der Waals surface area contributed by atoms with Crippen molar-refractivity contribution < 1.29 is 29.6 Å². The average molecular weight is 506 g/mol. The number of rotatable bonds is 7. The van der Waals surface area contributed by atoms with Crippen LogP contribution >= 0.6 is 22.9 Å². The molecule has 1 aliphatic heterocycles. The Hall–Kier alpha value is -2.92. The van der Waals surface area contributed by atoms with Crippen molar-refractivity contribution in [1.82, 2.24) is 9.88 Å². The van der Waals surface area contributed by atoms with Gasteiger partial charge in [-0.1, -0.05) is 41.1 Å².